The van der Waals surface area contributed by atoms with Gasteiger partial charge in [0.1, 0.15) is 5.75 Å². The quantitative estimate of drug-likeness (QED) is 0.841. The lowest BCUT2D eigenvalue weighted by Gasteiger charge is -2.37. The molecule has 0 aliphatic carbocycles. The van der Waals surface area contributed by atoms with E-state index in [1.54, 1.807) is 0 Å². The minimum Gasteiger partial charge on any atom is -0.484 e. The number of carbonyl (C=O) groups is 1. The van der Waals surface area contributed by atoms with Gasteiger partial charge in [-0.2, -0.15) is 0 Å². The first-order valence-electron chi connectivity index (χ1n) is 7.44. The molecule has 0 spiro atoms. The highest BCUT2D eigenvalue weighted by atomic mass is 16.5. The van der Waals surface area contributed by atoms with Crippen molar-refractivity contribution in [3.8, 4) is 5.75 Å². The van der Waals surface area contributed by atoms with E-state index in [-0.39, 0.29) is 12.5 Å². The maximum absolute atomic E-state index is 12.2. The van der Waals surface area contributed by atoms with E-state index < -0.39 is 0 Å². The van der Waals surface area contributed by atoms with E-state index in [2.05, 4.69) is 4.90 Å². The molecular formula is C16H22N2O2. The zero-order valence-corrected chi connectivity index (χ0v) is 12.0. The van der Waals surface area contributed by atoms with E-state index in [1.165, 1.54) is 19.4 Å². The third kappa shape index (κ3) is 2.96. The smallest absolute Gasteiger partial charge is 0.260 e. The Bertz CT molecular complexity index is 489. The van der Waals surface area contributed by atoms with Crippen LogP contribution >= 0.6 is 0 Å². The molecule has 2 saturated heterocycles. The summed E-state index contributed by atoms with van der Waals surface area (Å²) in [6.07, 6.45) is 2.50. The average molecular weight is 274 g/mol. The lowest BCUT2D eigenvalue weighted by molar-refractivity contribution is -0.135. The number of piperazine rings is 1. The maximum atomic E-state index is 12.2. The maximum Gasteiger partial charge on any atom is 0.260 e. The number of hydrogen-bond acceptors (Lipinski definition) is 3. The first kappa shape index (κ1) is 13.4. The van der Waals surface area contributed by atoms with Gasteiger partial charge < -0.3 is 9.64 Å². The molecular weight excluding hydrogens is 252 g/mol. The number of fused-ring (bicyclic) bond motifs is 1. The molecule has 4 heteroatoms. The van der Waals surface area contributed by atoms with Gasteiger partial charge in [-0.05, 0) is 44.0 Å². The minimum atomic E-state index is 0.109. The van der Waals surface area contributed by atoms with Gasteiger partial charge in [0.25, 0.3) is 5.91 Å². The Morgan fingerprint density at radius 2 is 2.25 bits per heavy atom. The molecule has 0 saturated carbocycles. The molecule has 4 nitrogen and oxygen atoms in total. The summed E-state index contributed by atoms with van der Waals surface area (Å²) in [5.74, 6) is 0.885. The van der Waals surface area contributed by atoms with Crippen molar-refractivity contribution in [3.63, 3.8) is 0 Å². The fraction of sp³-hybridized carbons (Fsp3) is 0.562. The highest BCUT2D eigenvalue weighted by Gasteiger charge is 2.32. The molecule has 2 heterocycles. The number of aryl methyl sites for hydroxylation is 1. The van der Waals surface area contributed by atoms with Gasteiger partial charge in [-0.1, -0.05) is 12.1 Å². The molecule has 1 atom stereocenters. The van der Waals surface area contributed by atoms with E-state index >= 15 is 0 Å². The zero-order chi connectivity index (χ0) is 13.9. The van der Waals surface area contributed by atoms with Crippen LogP contribution in [-0.4, -0.2) is 54.5 Å². The van der Waals surface area contributed by atoms with Gasteiger partial charge in [0, 0.05) is 25.7 Å². The summed E-state index contributed by atoms with van der Waals surface area (Å²) in [6.45, 7) is 6.10. The van der Waals surface area contributed by atoms with Crippen LogP contribution < -0.4 is 4.74 Å². The zero-order valence-electron chi connectivity index (χ0n) is 12.0. The van der Waals surface area contributed by atoms with Crippen molar-refractivity contribution in [2.24, 2.45) is 0 Å². The van der Waals surface area contributed by atoms with Crippen LogP contribution in [0.15, 0.2) is 24.3 Å². The summed E-state index contributed by atoms with van der Waals surface area (Å²) in [5, 5.41) is 0. The van der Waals surface area contributed by atoms with E-state index in [0.717, 1.165) is 30.9 Å². The Labute approximate surface area is 120 Å². The van der Waals surface area contributed by atoms with Gasteiger partial charge in [0.2, 0.25) is 0 Å². The van der Waals surface area contributed by atoms with Crippen LogP contribution in [0.25, 0.3) is 0 Å². The molecule has 20 heavy (non-hydrogen) atoms. The Morgan fingerprint density at radius 1 is 1.35 bits per heavy atom. The van der Waals surface area contributed by atoms with E-state index in [1.807, 2.05) is 36.1 Å². The van der Waals surface area contributed by atoms with Crippen LogP contribution in [0, 0.1) is 6.92 Å². The predicted molar refractivity (Wildman–Crippen MR) is 77.8 cm³/mol. The minimum absolute atomic E-state index is 0.109. The van der Waals surface area contributed by atoms with E-state index in [0.29, 0.717) is 6.04 Å². The fourth-order valence-corrected chi connectivity index (χ4v) is 3.16. The molecule has 108 valence electrons. The van der Waals surface area contributed by atoms with E-state index in [9.17, 15) is 4.79 Å². The summed E-state index contributed by atoms with van der Waals surface area (Å²) in [6, 6.07) is 8.41. The highest BCUT2D eigenvalue weighted by Crippen LogP contribution is 2.21. The molecule has 1 aromatic carbocycles. The van der Waals surface area contributed by atoms with E-state index in [4.69, 9.17) is 4.74 Å². The second-order valence-electron chi connectivity index (χ2n) is 5.78. The average Bonchev–Trinajstić information content (AvgIpc) is 2.92. The van der Waals surface area contributed by atoms with Gasteiger partial charge in [0.15, 0.2) is 6.61 Å². The largest absolute Gasteiger partial charge is 0.484 e. The van der Waals surface area contributed by atoms with Crippen molar-refractivity contribution >= 4 is 5.91 Å². The van der Waals surface area contributed by atoms with Gasteiger partial charge in [-0.15, -0.1) is 0 Å². The third-order valence-electron chi connectivity index (χ3n) is 4.29. The molecule has 2 aliphatic rings. The van der Waals surface area contributed by atoms with Crippen molar-refractivity contribution in [1.82, 2.24) is 9.80 Å². The molecule has 1 aromatic rings. The number of carbonyl (C=O) groups excluding carboxylic acids is 1. The van der Waals surface area contributed by atoms with Gasteiger partial charge in [-0.3, -0.25) is 9.69 Å². The highest BCUT2D eigenvalue weighted by molar-refractivity contribution is 5.78. The van der Waals surface area contributed by atoms with Crippen molar-refractivity contribution in [3.05, 3.63) is 29.8 Å². The SMILES string of the molecule is Cc1cccc(OCC(=O)N2CCN3CCCC3C2)c1. The lowest BCUT2D eigenvalue weighted by atomic mass is 10.1. The molecule has 1 unspecified atom stereocenters. The summed E-state index contributed by atoms with van der Waals surface area (Å²) in [4.78, 5) is 16.7. The normalized spacial score (nSPS) is 22.6. The van der Waals surface area contributed by atoms with Crippen molar-refractivity contribution in [1.29, 1.82) is 0 Å². The van der Waals surface area contributed by atoms with Crippen LogP contribution in [0.1, 0.15) is 18.4 Å². The Kier molecular flexibility index (Phi) is 3.92. The second-order valence-corrected chi connectivity index (χ2v) is 5.78. The third-order valence-corrected chi connectivity index (χ3v) is 4.29. The fourth-order valence-electron chi connectivity index (χ4n) is 3.16. The molecule has 2 aliphatic heterocycles. The number of nitrogens with zero attached hydrogens (tertiary/aromatic N) is 2. The molecule has 0 bridgehead atoms. The molecule has 3 rings (SSSR count). The first-order chi connectivity index (χ1) is 9.72. The number of hydrogen-bond donors (Lipinski definition) is 0. The van der Waals surface area contributed by atoms with Crippen LogP contribution in [0.5, 0.6) is 5.75 Å². The molecule has 2 fully saturated rings. The Hall–Kier alpha value is -1.55. The van der Waals surface area contributed by atoms with Gasteiger partial charge in [-0.25, -0.2) is 0 Å². The summed E-state index contributed by atoms with van der Waals surface area (Å²) in [7, 11) is 0. The topological polar surface area (TPSA) is 32.8 Å². The van der Waals surface area contributed by atoms with Crippen molar-refractivity contribution in [2.75, 3.05) is 32.8 Å². The first-order valence-corrected chi connectivity index (χ1v) is 7.44. The monoisotopic (exact) mass is 274 g/mol. The molecule has 1 amide bonds. The molecule has 0 radical (unpaired) electrons. The second kappa shape index (κ2) is 5.83. The Morgan fingerprint density at radius 3 is 3.10 bits per heavy atom. The number of ether oxygens (including phenoxy) is 1. The molecule has 0 N–H and O–H groups in total. The lowest BCUT2D eigenvalue weighted by Crippen LogP contribution is -2.53. The van der Waals surface area contributed by atoms with Crippen LogP contribution in [0.3, 0.4) is 0 Å². The number of rotatable bonds is 3. The summed E-state index contributed by atoms with van der Waals surface area (Å²) >= 11 is 0. The Balaban J connectivity index is 1.52. The van der Waals surface area contributed by atoms with Crippen molar-refractivity contribution in [2.45, 2.75) is 25.8 Å². The molecule has 0 aromatic heterocycles. The van der Waals surface area contributed by atoms with Gasteiger partial charge >= 0.3 is 0 Å². The van der Waals surface area contributed by atoms with Crippen molar-refractivity contribution < 1.29 is 9.53 Å². The standard InChI is InChI=1S/C16H22N2O2/c1-13-4-2-6-15(10-13)20-12-16(19)18-9-8-17-7-3-5-14(17)11-18/h2,4,6,10,14H,3,5,7-9,11-12H2,1H3. The predicted octanol–water partition coefficient (Wildman–Crippen LogP) is 1.68. The summed E-state index contributed by atoms with van der Waals surface area (Å²) in [5.41, 5.74) is 1.15. The van der Waals surface area contributed by atoms with Crippen LogP contribution in [0.4, 0.5) is 0 Å². The van der Waals surface area contributed by atoms with Gasteiger partial charge in [0.05, 0.1) is 0 Å². The van der Waals surface area contributed by atoms with Crippen LogP contribution in [-0.2, 0) is 4.79 Å². The number of amides is 1. The number of benzene rings is 1. The summed E-state index contributed by atoms with van der Waals surface area (Å²) < 4.78 is 5.61. The van der Waals surface area contributed by atoms with Crippen LogP contribution in [0.2, 0.25) is 0 Å².